The predicted octanol–water partition coefficient (Wildman–Crippen LogP) is 3.54. The van der Waals surface area contributed by atoms with E-state index < -0.39 is 5.97 Å². The predicted molar refractivity (Wildman–Crippen MR) is 86.5 cm³/mol. The second-order valence-corrected chi connectivity index (χ2v) is 6.17. The van der Waals surface area contributed by atoms with Crippen LogP contribution in [0.25, 0.3) is 0 Å². The average molecular weight is 368 g/mol. The summed E-state index contributed by atoms with van der Waals surface area (Å²) in [5, 5.41) is 6.49. The van der Waals surface area contributed by atoms with Crippen LogP contribution in [-0.2, 0) is 20.7 Å². The summed E-state index contributed by atoms with van der Waals surface area (Å²) < 4.78 is 5.90. The van der Waals surface area contributed by atoms with Crippen molar-refractivity contribution in [3.63, 3.8) is 0 Å². The monoisotopic (exact) mass is 367 g/mol. The summed E-state index contributed by atoms with van der Waals surface area (Å²) in [6, 6.07) is 7.39. The van der Waals surface area contributed by atoms with E-state index in [9.17, 15) is 9.59 Å². The van der Waals surface area contributed by atoms with Gasteiger partial charge in [-0.25, -0.2) is 0 Å². The number of halogens is 1. The molecule has 0 unspecified atom stereocenters. The number of amides is 1. The number of thiophene rings is 1. The number of aryl methyl sites for hydroxylation is 1. The van der Waals surface area contributed by atoms with Gasteiger partial charge in [0.25, 0.3) is 5.91 Å². The minimum Gasteiger partial charge on any atom is -0.455 e. The number of hydrogen-bond donors (Lipinski definition) is 1. The zero-order valence-electron chi connectivity index (χ0n) is 11.4. The van der Waals surface area contributed by atoms with Crippen LogP contribution in [0.5, 0.6) is 0 Å². The first-order chi connectivity index (χ1) is 10.0. The molecule has 0 spiro atoms. The summed E-state index contributed by atoms with van der Waals surface area (Å²) in [5.74, 6) is -0.754. The van der Waals surface area contributed by atoms with E-state index in [2.05, 4.69) is 21.2 Å². The maximum atomic E-state index is 11.8. The molecule has 0 radical (unpaired) electrons. The van der Waals surface area contributed by atoms with Crippen LogP contribution in [0.1, 0.15) is 11.1 Å². The molecule has 110 valence electrons. The largest absolute Gasteiger partial charge is 0.455 e. The highest BCUT2D eigenvalue weighted by atomic mass is 79.9. The molecule has 0 aliphatic rings. The lowest BCUT2D eigenvalue weighted by atomic mass is 10.2. The summed E-state index contributed by atoms with van der Waals surface area (Å²) >= 11 is 4.88. The first-order valence-electron chi connectivity index (χ1n) is 6.27. The Balaban J connectivity index is 1.80. The molecule has 2 rings (SSSR count). The zero-order chi connectivity index (χ0) is 15.2. The van der Waals surface area contributed by atoms with Gasteiger partial charge in [-0.3, -0.25) is 9.59 Å². The molecular weight excluding hydrogens is 354 g/mol. The van der Waals surface area contributed by atoms with E-state index in [0.717, 1.165) is 15.6 Å². The van der Waals surface area contributed by atoms with Gasteiger partial charge in [-0.15, -0.1) is 0 Å². The quantitative estimate of drug-likeness (QED) is 0.822. The van der Waals surface area contributed by atoms with Gasteiger partial charge in [0.05, 0.1) is 6.42 Å². The van der Waals surface area contributed by atoms with Crippen molar-refractivity contribution < 1.29 is 14.3 Å². The lowest BCUT2D eigenvalue weighted by Gasteiger charge is -2.09. The van der Waals surface area contributed by atoms with Crippen molar-refractivity contribution in [2.24, 2.45) is 0 Å². The van der Waals surface area contributed by atoms with E-state index >= 15 is 0 Å². The second kappa shape index (κ2) is 7.38. The number of anilines is 1. The topological polar surface area (TPSA) is 55.4 Å². The molecule has 6 heteroatoms. The Morgan fingerprint density at radius 1 is 1.33 bits per heavy atom. The lowest BCUT2D eigenvalue weighted by molar-refractivity contribution is -0.146. The van der Waals surface area contributed by atoms with Crippen LogP contribution in [0.4, 0.5) is 5.69 Å². The molecule has 1 heterocycles. The van der Waals surface area contributed by atoms with Crippen molar-refractivity contribution in [2.45, 2.75) is 13.3 Å². The number of hydrogen-bond acceptors (Lipinski definition) is 4. The fourth-order valence-electron chi connectivity index (χ4n) is 1.71. The van der Waals surface area contributed by atoms with Gasteiger partial charge in [-0.1, -0.05) is 15.9 Å². The van der Waals surface area contributed by atoms with E-state index in [0.29, 0.717) is 5.69 Å². The summed E-state index contributed by atoms with van der Waals surface area (Å²) in [7, 11) is 0. The molecule has 21 heavy (non-hydrogen) atoms. The number of carbonyl (C=O) groups is 2. The molecule has 1 aromatic carbocycles. The van der Waals surface area contributed by atoms with Gasteiger partial charge in [0.2, 0.25) is 0 Å². The minimum absolute atomic E-state index is 0.189. The standard InChI is InChI=1S/C15H14BrNO3S/c1-10-6-12(16)2-3-13(10)17-14(18)8-20-15(19)7-11-4-5-21-9-11/h2-6,9H,7-8H2,1H3,(H,17,18). The van der Waals surface area contributed by atoms with Gasteiger partial charge < -0.3 is 10.1 Å². The van der Waals surface area contributed by atoms with Crippen LogP contribution in [-0.4, -0.2) is 18.5 Å². The Kier molecular flexibility index (Phi) is 5.52. The molecule has 4 nitrogen and oxygen atoms in total. The number of rotatable bonds is 5. The van der Waals surface area contributed by atoms with Gasteiger partial charge in [-0.05, 0) is 53.1 Å². The number of ether oxygens (including phenoxy) is 1. The summed E-state index contributed by atoms with van der Waals surface area (Å²) in [5.41, 5.74) is 2.54. The van der Waals surface area contributed by atoms with E-state index in [1.54, 1.807) is 6.07 Å². The van der Waals surface area contributed by atoms with Crippen LogP contribution < -0.4 is 5.32 Å². The third-order valence-corrected chi connectivity index (χ3v) is 3.98. The normalized spacial score (nSPS) is 10.2. The number of esters is 1. The Morgan fingerprint density at radius 3 is 2.81 bits per heavy atom. The van der Waals surface area contributed by atoms with Crippen molar-refractivity contribution in [1.29, 1.82) is 0 Å². The maximum absolute atomic E-state index is 11.8. The van der Waals surface area contributed by atoms with E-state index in [1.807, 2.05) is 35.9 Å². The van der Waals surface area contributed by atoms with Crippen molar-refractivity contribution in [3.8, 4) is 0 Å². The highest BCUT2D eigenvalue weighted by Gasteiger charge is 2.10. The van der Waals surface area contributed by atoms with Gasteiger partial charge >= 0.3 is 5.97 Å². The summed E-state index contributed by atoms with van der Waals surface area (Å²) in [6.07, 6.45) is 0.189. The smallest absolute Gasteiger partial charge is 0.310 e. The molecule has 0 aliphatic heterocycles. The lowest BCUT2D eigenvalue weighted by Crippen LogP contribution is -2.21. The molecule has 0 bridgehead atoms. The molecule has 0 fully saturated rings. The molecule has 0 aliphatic carbocycles. The van der Waals surface area contributed by atoms with Crippen LogP contribution >= 0.6 is 27.3 Å². The van der Waals surface area contributed by atoms with Gasteiger partial charge in [0.15, 0.2) is 6.61 Å². The highest BCUT2D eigenvalue weighted by Crippen LogP contribution is 2.19. The van der Waals surface area contributed by atoms with Crippen molar-refractivity contribution in [1.82, 2.24) is 0 Å². The van der Waals surface area contributed by atoms with Crippen LogP contribution in [0.2, 0.25) is 0 Å². The molecular formula is C15H14BrNO3S. The minimum atomic E-state index is -0.406. The third-order valence-electron chi connectivity index (χ3n) is 2.76. The van der Waals surface area contributed by atoms with E-state index in [-0.39, 0.29) is 18.9 Å². The van der Waals surface area contributed by atoms with Crippen molar-refractivity contribution >= 4 is 44.8 Å². The van der Waals surface area contributed by atoms with Gasteiger partial charge in [0, 0.05) is 10.2 Å². The van der Waals surface area contributed by atoms with Crippen LogP contribution in [0.3, 0.4) is 0 Å². The fraction of sp³-hybridized carbons (Fsp3) is 0.200. The molecule has 1 N–H and O–H groups in total. The van der Waals surface area contributed by atoms with Crippen molar-refractivity contribution in [2.75, 3.05) is 11.9 Å². The molecule has 0 saturated carbocycles. The second-order valence-electron chi connectivity index (χ2n) is 4.48. The Morgan fingerprint density at radius 2 is 2.14 bits per heavy atom. The van der Waals surface area contributed by atoms with Crippen molar-refractivity contribution in [3.05, 3.63) is 50.6 Å². The Labute approximate surface area is 135 Å². The zero-order valence-corrected chi connectivity index (χ0v) is 13.8. The van der Waals surface area contributed by atoms with Gasteiger partial charge in [-0.2, -0.15) is 11.3 Å². The average Bonchev–Trinajstić information content (AvgIpc) is 2.92. The number of nitrogens with one attached hydrogen (secondary N) is 1. The molecule has 0 atom stereocenters. The van der Waals surface area contributed by atoms with Gasteiger partial charge in [0.1, 0.15) is 0 Å². The SMILES string of the molecule is Cc1cc(Br)ccc1NC(=O)COC(=O)Cc1ccsc1. The number of benzene rings is 1. The van der Waals surface area contributed by atoms with E-state index in [4.69, 9.17) is 4.74 Å². The molecule has 1 aromatic heterocycles. The van der Waals surface area contributed by atoms with Crippen LogP contribution in [0.15, 0.2) is 39.5 Å². The Bertz CT molecular complexity index is 640. The Hall–Kier alpha value is -1.66. The number of carbonyl (C=O) groups excluding carboxylic acids is 2. The summed E-state index contributed by atoms with van der Waals surface area (Å²) in [6.45, 7) is 1.61. The highest BCUT2D eigenvalue weighted by molar-refractivity contribution is 9.10. The summed E-state index contributed by atoms with van der Waals surface area (Å²) in [4.78, 5) is 23.3. The molecule has 0 saturated heterocycles. The first-order valence-corrected chi connectivity index (χ1v) is 8.01. The fourth-order valence-corrected chi connectivity index (χ4v) is 2.85. The third kappa shape index (κ3) is 4.99. The molecule has 1 amide bonds. The molecule has 2 aromatic rings. The van der Waals surface area contributed by atoms with Crippen LogP contribution in [0, 0.1) is 6.92 Å². The van der Waals surface area contributed by atoms with E-state index in [1.165, 1.54) is 11.3 Å². The maximum Gasteiger partial charge on any atom is 0.310 e. The first kappa shape index (κ1) is 15.7.